The number of pyridine rings is 1. The second-order valence-electron chi connectivity index (χ2n) is 5.69. The molecule has 1 heterocycles. The summed E-state index contributed by atoms with van der Waals surface area (Å²) in [7, 11) is 1.72. The molecule has 3 rings (SSSR count). The fourth-order valence-corrected chi connectivity index (χ4v) is 2.94. The zero-order chi connectivity index (χ0) is 15.9. The van der Waals surface area contributed by atoms with E-state index in [-0.39, 0.29) is 12.2 Å². The molecule has 3 aromatic rings. The van der Waals surface area contributed by atoms with Crippen LogP contribution in [0.15, 0.2) is 47.3 Å². The zero-order valence-electron chi connectivity index (χ0n) is 13.1. The third-order valence-electron chi connectivity index (χ3n) is 4.34. The number of aliphatic hydroxyl groups is 1. The van der Waals surface area contributed by atoms with Gasteiger partial charge in [-0.3, -0.25) is 4.79 Å². The maximum atomic E-state index is 12.6. The Morgan fingerprint density at radius 1 is 1.00 bits per heavy atom. The first-order chi connectivity index (χ1) is 10.5. The van der Waals surface area contributed by atoms with Crippen LogP contribution in [-0.2, 0) is 13.7 Å². The highest BCUT2D eigenvalue weighted by atomic mass is 16.3. The minimum atomic E-state index is -0.168. The summed E-state index contributed by atoms with van der Waals surface area (Å²) in [5.74, 6) is 0. The Bertz CT molecular complexity index is 908. The molecular formula is C19H19NO2. The van der Waals surface area contributed by atoms with Gasteiger partial charge in [0.15, 0.2) is 0 Å². The average molecular weight is 293 g/mol. The van der Waals surface area contributed by atoms with E-state index in [0.29, 0.717) is 11.1 Å². The summed E-state index contributed by atoms with van der Waals surface area (Å²) in [4.78, 5) is 12.6. The molecule has 1 N–H and O–H groups in total. The summed E-state index contributed by atoms with van der Waals surface area (Å²) in [6.07, 6.45) is 0. The van der Waals surface area contributed by atoms with Crippen molar-refractivity contribution in [3.8, 4) is 11.1 Å². The fourth-order valence-electron chi connectivity index (χ4n) is 2.94. The molecule has 0 unspecified atom stereocenters. The number of hydrogen-bond acceptors (Lipinski definition) is 2. The average Bonchev–Trinajstić information content (AvgIpc) is 2.53. The minimum absolute atomic E-state index is 0.0677. The van der Waals surface area contributed by atoms with Crippen LogP contribution >= 0.6 is 0 Å². The van der Waals surface area contributed by atoms with Crippen LogP contribution in [0.2, 0.25) is 0 Å². The van der Waals surface area contributed by atoms with Gasteiger partial charge in [-0.15, -0.1) is 0 Å². The first kappa shape index (κ1) is 14.5. The third-order valence-corrected chi connectivity index (χ3v) is 4.34. The molecule has 0 atom stereocenters. The summed E-state index contributed by atoms with van der Waals surface area (Å²) in [5, 5.41) is 11.4. The summed E-state index contributed by atoms with van der Waals surface area (Å²) in [6.45, 7) is 3.88. The molecule has 0 fully saturated rings. The Hall–Kier alpha value is -2.39. The molecular weight excluding hydrogens is 274 g/mol. The highest BCUT2D eigenvalue weighted by Crippen LogP contribution is 2.31. The van der Waals surface area contributed by atoms with Gasteiger partial charge in [0.2, 0.25) is 0 Å². The van der Waals surface area contributed by atoms with Crippen molar-refractivity contribution < 1.29 is 5.11 Å². The predicted molar refractivity (Wildman–Crippen MR) is 90.0 cm³/mol. The van der Waals surface area contributed by atoms with Crippen molar-refractivity contribution in [3.05, 3.63) is 69.6 Å². The van der Waals surface area contributed by atoms with Gasteiger partial charge in [-0.25, -0.2) is 0 Å². The SMILES string of the molecule is Cc1cc2c(-c3ccccc3)c(CO)n(C)c(=O)c2cc1C. The lowest BCUT2D eigenvalue weighted by Crippen LogP contribution is -2.22. The second-order valence-corrected chi connectivity index (χ2v) is 5.69. The van der Waals surface area contributed by atoms with Crippen LogP contribution in [0.5, 0.6) is 0 Å². The smallest absolute Gasteiger partial charge is 0.258 e. The molecule has 0 amide bonds. The molecule has 0 bridgehead atoms. The topological polar surface area (TPSA) is 42.2 Å². The first-order valence-electron chi connectivity index (χ1n) is 7.33. The van der Waals surface area contributed by atoms with Crippen LogP contribution in [0.1, 0.15) is 16.8 Å². The van der Waals surface area contributed by atoms with E-state index in [4.69, 9.17) is 0 Å². The van der Waals surface area contributed by atoms with E-state index in [1.807, 2.05) is 56.3 Å². The van der Waals surface area contributed by atoms with Gasteiger partial charge >= 0.3 is 0 Å². The maximum Gasteiger partial charge on any atom is 0.258 e. The first-order valence-corrected chi connectivity index (χ1v) is 7.33. The van der Waals surface area contributed by atoms with Gasteiger partial charge in [-0.2, -0.15) is 0 Å². The van der Waals surface area contributed by atoms with E-state index in [1.54, 1.807) is 11.6 Å². The van der Waals surface area contributed by atoms with Gasteiger partial charge in [0.05, 0.1) is 12.3 Å². The van der Waals surface area contributed by atoms with Crippen LogP contribution in [0.25, 0.3) is 21.9 Å². The molecule has 0 aliphatic rings. The molecule has 0 radical (unpaired) electrons. The Balaban J connectivity index is 2.56. The van der Waals surface area contributed by atoms with Gasteiger partial charge in [0.1, 0.15) is 0 Å². The predicted octanol–water partition coefficient (Wildman–Crippen LogP) is 3.31. The lowest BCUT2D eigenvalue weighted by Gasteiger charge is -2.17. The Labute approximate surface area is 129 Å². The summed E-state index contributed by atoms with van der Waals surface area (Å²) >= 11 is 0. The van der Waals surface area contributed by atoms with E-state index in [0.717, 1.165) is 27.6 Å². The van der Waals surface area contributed by atoms with Crippen molar-refractivity contribution in [3.63, 3.8) is 0 Å². The van der Waals surface area contributed by atoms with Gasteiger partial charge in [0.25, 0.3) is 5.56 Å². The van der Waals surface area contributed by atoms with Crippen molar-refractivity contribution in [2.75, 3.05) is 0 Å². The highest BCUT2D eigenvalue weighted by molar-refractivity contribution is 5.98. The summed E-state index contributed by atoms with van der Waals surface area (Å²) < 4.78 is 1.56. The quantitative estimate of drug-likeness (QED) is 0.787. The molecule has 0 saturated carbocycles. The van der Waals surface area contributed by atoms with Crippen molar-refractivity contribution in [2.24, 2.45) is 7.05 Å². The van der Waals surface area contributed by atoms with Gasteiger partial charge < -0.3 is 9.67 Å². The molecule has 1 aromatic heterocycles. The number of benzene rings is 2. The zero-order valence-corrected chi connectivity index (χ0v) is 13.1. The van der Waals surface area contributed by atoms with E-state index < -0.39 is 0 Å². The largest absolute Gasteiger partial charge is 0.390 e. The van der Waals surface area contributed by atoms with Crippen LogP contribution in [0.3, 0.4) is 0 Å². The van der Waals surface area contributed by atoms with Crippen molar-refractivity contribution in [1.29, 1.82) is 0 Å². The lowest BCUT2D eigenvalue weighted by atomic mass is 9.94. The molecule has 3 nitrogen and oxygen atoms in total. The molecule has 0 aliphatic carbocycles. The normalized spacial score (nSPS) is 11.1. The van der Waals surface area contributed by atoms with E-state index in [2.05, 4.69) is 0 Å². The van der Waals surface area contributed by atoms with Crippen molar-refractivity contribution in [2.45, 2.75) is 20.5 Å². The monoisotopic (exact) mass is 293 g/mol. The van der Waals surface area contributed by atoms with E-state index in [9.17, 15) is 9.90 Å². The molecule has 112 valence electrons. The third kappa shape index (κ3) is 2.14. The summed E-state index contributed by atoms with van der Waals surface area (Å²) in [5.41, 5.74) is 4.76. The Morgan fingerprint density at radius 2 is 1.59 bits per heavy atom. The van der Waals surface area contributed by atoms with Crippen LogP contribution < -0.4 is 5.56 Å². The summed E-state index contributed by atoms with van der Waals surface area (Å²) in [6, 6.07) is 13.9. The van der Waals surface area contributed by atoms with Gasteiger partial charge in [0, 0.05) is 18.0 Å². The Morgan fingerprint density at radius 3 is 2.18 bits per heavy atom. The number of aryl methyl sites for hydroxylation is 2. The number of aromatic nitrogens is 1. The number of rotatable bonds is 2. The Kier molecular flexibility index (Phi) is 3.59. The molecule has 0 saturated heterocycles. The van der Waals surface area contributed by atoms with Crippen LogP contribution in [-0.4, -0.2) is 9.67 Å². The minimum Gasteiger partial charge on any atom is -0.390 e. The lowest BCUT2D eigenvalue weighted by molar-refractivity contribution is 0.272. The molecule has 2 aromatic carbocycles. The highest BCUT2D eigenvalue weighted by Gasteiger charge is 2.16. The van der Waals surface area contributed by atoms with E-state index in [1.165, 1.54) is 0 Å². The van der Waals surface area contributed by atoms with Crippen LogP contribution in [0.4, 0.5) is 0 Å². The fraction of sp³-hybridized carbons (Fsp3) is 0.211. The van der Waals surface area contributed by atoms with E-state index >= 15 is 0 Å². The molecule has 3 heteroatoms. The second kappa shape index (κ2) is 5.43. The molecule has 0 spiro atoms. The van der Waals surface area contributed by atoms with Crippen molar-refractivity contribution >= 4 is 10.8 Å². The van der Waals surface area contributed by atoms with Crippen molar-refractivity contribution in [1.82, 2.24) is 4.57 Å². The molecule has 0 aliphatic heterocycles. The van der Waals surface area contributed by atoms with Crippen LogP contribution in [0, 0.1) is 13.8 Å². The maximum absolute atomic E-state index is 12.6. The number of fused-ring (bicyclic) bond motifs is 1. The number of nitrogens with zero attached hydrogens (tertiary/aromatic N) is 1. The molecule has 22 heavy (non-hydrogen) atoms. The number of hydrogen-bond donors (Lipinski definition) is 1. The number of aliphatic hydroxyl groups excluding tert-OH is 1. The van der Waals surface area contributed by atoms with Gasteiger partial charge in [-0.05, 0) is 42.0 Å². The van der Waals surface area contributed by atoms with Gasteiger partial charge in [-0.1, -0.05) is 36.4 Å². The standard InChI is InChI=1S/C19H19NO2/c1-12-9-15-16(10-13(12)2)19(22)20(3)17(11-21)18(15)14-7-5-4-6-8-14/h4-10,21H,11H2,1-3H3.